The Hall–Kier alpha value is -3.69. The maximum absolute atomic E-state index is 13.0. The van der Waals surface area contributed by atoms with Crippen molar-refractivity contribution < 1.29 is 4.79 Å². The van der Waals surface area contributed by atoms with Gasteiger partial charge in [0, 0.05) is 80.7 Å². The van der Waals surface area contributed by atoms with Gasteiger partial charge in [-0.2, -0.15) is 5.10 Å². The molecule has 4 aromatic rings. The van der Waals surface area contributed by atoms with Crippen LogP contribution in [0.4, 0.5) is 0 Å². The van der Waals surface area contributed by atoms with Crippen molar-refractivity contribution in [2.24, 2.45) is 7.05 Å². The molecule has 1 atom stereocenters. The Bertz CT molecular complexity index is 1260. The van der Waals surface area contributed by atoms with E-state index in [1.54, 1.807) is 35.4 Å². The number of aromatic nitrogens is 5. The fourth-order valence-corrected chi connectivity index (χ4v) is 4.06. The van der Waals surface area contributed by atoms with Crippen molar-refractivity contribution in [2.75, 3.05) is 33.2 Å². The van der Waals surface area contributed by atoms with E-state index in [9.17, 15) is 4.79 Å². The number of piperazine rings is 1. The normalized spacial score (nSPS) is 16.1. The van der Waals surface area contributed by atoms with Crippen molar-refractivity contribution in [3.63, 3.8) is 0 Å². The molecule has 1 N–H and O–H groups in total. The number of nitrogens with one attached hydrogen (secondary N) is 1. The lowest BCUT2D eigenvalue weighted by molar-refractivity contribution is 0.0709. The summed E-state index contributed by atoms with van der Waals surface area (Å²) >= 11 is 0. The molecule has 4 aromatic heterocycles. The molecule has 1 aliphatic rings. The van der Waals surface area contributed by atoms with Gasteiger partial charge in [-0.05, 0) is 36.7 Å². The number of hydrogen-bond donors (Lipinski definition) is 1. The van der Waals surface area contributed by atoms with E-state index in [0.29, 0.717) is 5.56 Å². The van der Waals surface area contributed by atoms with E-state index in [1.165, 1.54) is 0 Å². The maximum Gasteiger partial charge on any atom is 0.252 e. The molecule has 1 amide bonds. The minimum atomic E-state index is -0.334. The lowest BCUT2D eigenvalue weighted by Crippen LogP contribution is -2.50. The molecule has 0 saturated carbocycles. The summed E-state index contributed by atoms with van der Waals surface area (Å²) in [5, 5.41) is 9.41. The van der Waals surface area contributed by atoms with Gasteiger partial charge in [-0.15, -0.1) is 0 Å². The zero-order valence-electron chi connectivity index (χ0n) is 18.7. The molecular formula is C24H26N8O. The largest absolute Gasteiger partial charge is 0.331 e. The summed E-state index contributed by atoms with van der Waals surface area (Å²) in [6.07, 6.45) is 10.3. The third-order valence-corrected chi connectivity index (χ3v) is 6.02. The molecule has 1 aliphatic heterocycles. The zero-order chi connectivity index (χ0) is 22.8. The van der Waals surface area contributed by atoms with Gasteiger partial charge in [-0.3, -0.25) is 29.3 Å². The van der Waals surface area contributed by atoms with E-state index in [4.69, 9.17) is 4.98 Å². The monoisotopic (exact) mass is 442 g/mol. The molecule has 5 rings (SSSR count). The molecule has 0 radical (unpaired) electrons. The number of fused-ring (bicyclic) bond motifs is 1. The Morgan fingerprint density at radius 2 is 1.73 bits per heavy atom. The topological polar surface area (TPSA) is 92.1 Å². The van der Waals surface area contributed by atoms with Crippen molar-refractivity contribution in [1.82, 2.24) is 39.8 Å². The van der Waals surface area contributed by atoms with Crippen LogP contribution in [-0.4, -0.2) is 73.7 Å². The Labute approximate surface area is 192 Å². The van der Waals surface area contributed by atoms with Crippen LogP contribution in [0.3, 0.4) is 0 Å². The van der Waals surface area contributed by atoms with E-state index in [1.807, 2.05) is 37.8 Å². The predicted molar refractivity (Wildman–Crippen MR) is 125 cm³/mol. The van der Waals surface area contributed by atoms with Gasteiger partial charge in [-0.1, -0.05) is 0 Å². The number of nitrogens with zero attached hydrogens (tertiary/aromatic N) is 7. The summed E-state index contributed by atoms with van der Waals surface area (Å²) in [5.41, 5.74) is 3.19. The van der Waals surface area contributed by atoms with E-state index in [0.717, 1.165) is 53.9 Å². The van der Waals surface area contributed by atoms with Gasteiger partial charge in [0.2, 0.25) is 0 Å². The Morgan fingerprint density at radius 1 is 0.970 bits per heavy atom. The summed E-state index contributed by atoms with van der Waals surface area (Å²) in [4.78, 5) is 30.9. The minimum absolute atomic E-state index is 0.144. The SMILES string of the molecule is CN1CCN(C(NC(=O)c2ccncc2)c2cc3cc(-c4cnn(C)c4)ncc3cn2)CC1. The Morgan fingerprint density at radius 3 is 2.45 bits per heavy atom. The molecule has 5 heterocycles. The van der Waals surface area contributed by atoms with Gasteiger partial charge < -0.3 is 10.2 Å². The first-order valence-electron chi connectivity index (χ1n) is 10.9. The number of rotatable bonds is 5. The van der Waals surface area contributed by atoms with Crippen LogP contribution in [0.15, 0.2) is 61.4 Å². The molecule has 0 aliphatic carbocycles. The van der Waals surface area contributed by atoms with Crippen molar-refractivity contribution in [2.45, 2.75) is 6.17 Å². The quantitative estimate of drug-likeness (QED) is 0.506. The number of carbonyl (C=O) groups is 1. The van der Waals surface area contributed by atoms with Crippen LogP contribution in [0.5, 0.6) is 0 Å². The first-order valence-corrected chi connectivity index (χ1v) is 10.9. The summed E-state index contributed by atoms with van der Waals surface area (Å²) in [6, 6.07) is 7.53. The highest BCUT2D eigenvalue weighted by Gasteiger charge is 2.27. The van der Waals surface area contributed by atoms with Gasteiger partial charge >= 0.3 is 0 Å². The molecule has 9 heteroatoms. The molecule has 0 spiro atoms. The van der Waals surface area contributed by atoms with Gasteiger partial charge in [0.1, 0.15) is 6.17 Å². The smallest absolute Gasteiger partial charge is 0.252 e. The van der Waals surface area contributed by atoms with E-state index in [2.05, 4.69) is 37.2 Å². The number of carbonyl (C=O) groups excluding carboxylic acids is 1. The van der Waals surface area contributed by atoms with E-state index >= 15 is 0 Å². The van der Waals surface area contributed by atoms with E-state index < -0.39 is 0 Å². The van der Waals surface area contributed by atoms with Gasteiger partial charge in [0.05, 0.1) is 17.6 Å². The molecular weight excluding hydrogens is 416 g/mol. The second-order valence-electron chi connectivity index (χ2n) is 8.38. The van der Waals surface area contributed by atoms with Gasteiger partial charge in [-0.25, -0.2) is 0 Å². The number of pyridine rings is 3. The second-order valence-corrected chi connectivity index (χ2v) is 8.38. The van der Waals surface area contributed by atoms with Crippen LogP contribution >= 0.6 is 0 Å². The predicted octanol–water partition coefficient (Wildman–Crippen LogP) is 2.10. The average molecular weight is 443 g/mol. The van der Waals surface area contributed by atoms with Crippen LogP contribution in [0, 0.1) is 0 Å². The first-order chi connectivity index (χ1) is 16.1. The molecule has 168 valence electrons. The van der Waals surface area contributed by atoms with Gasteiger partial charge in [0.15, 0.2) is 0 Å². The fourth-order valence-electron chi connectivity index (χ4n) is 4.06. The molecule has 0 bridgehead atoms. The molecule has 1 unspecified atom stereocenters. The Kier molecular flexibility index (Phi) is 5.80. The van der Waals surface area contributed by atoms with Crippen LogP contribution in [-0.2, 0) is 7.05 Å². The molecule has 1 fully saturated rings. The molecule has 9 nitrogen and oxygen atoms in total. The number of likely N-dealkylation sites (N-methyl/N-ethyl adjacent to an activating group) is 1. The highest BCUT2D eigenvalue weighted by atomic mass is 16.1. The average Bonchev–Trinajstić information content (AvgIpc) is 3.29. The van der Waals surface area contributed by atoms with Crippen LogP contribution < -0.4 is 5.32 Å². The summed E-state index contributed by atoms with van der Waals surface area (Å²) in [5.74, 6) is -0.144. The second kappa shape index (κ2) is 9.05. The third-order valence-electron chi connectivity index (χ3n) is 6.02. The lowest BCUT2D eigenvalue weighted by atomic mass is 10.1. The summed E-state index contributed by atoms with van der Waals surface area (Å²) in [6.45, 7) is 3.55. The summed E-state index contributed by atoms with van der Waals surface area (Å²) in [7, 11) is 4.00. The lowest BCUT2D eigenvalue weighted by Gasteiger charge is -2.38. The number of hydrogen-bond acceptors (Lipinski definition) is 7. The third kappa shape index (κ3) is 4.59. The van der Waals surface area contributed by atoms with Crippen molar-refractivity contribution in [3.8, 4) is 11.3 Å². The minimum Gasteiger partial charge on any atom is -0.331 e. The highest BCUT2D eigenvalue weighted by Crippen LogP contribution is 2.25. The van der Waals surface area contributed by atoms with E-state index in [-0.39, 0.29) is 12.1 Å². The maximum atomic E-state index is 13.0. The van der Waals surface area contributed by atoms with Crippen molar-refractivity contribution in [3.05, 3.63) is 72.7 Å². The van der Waals surface area contributed by atoms with Crippen molar-refractivity contribution in [1.29, 1.82) is 0 Å². The number of aryl methyl sites for hydroxylation is 1. The fraction of sp³-hybridized carbons (Fsp3) is 0.292. The van der Waals surface area contributed by atoms with Crippen LogP contribution in [0.1, 0.15) is 22.2 Å². The summed E-state index contributed by atoms with van der Waals surface area (Å²) < 4.78 is 1.76. The highest BCUT2D eigenvalue weighted by molar-refractivity contribution is 5.94. The van der Waals surface area contributed by atoms with Gasteiger partial charge in [0.25, 0.3) is 5.91 Å². The standard InChI is InChI=1S/C24H26N8O/c1-30-7-9-32(10-8-30)23(29-24(33)17-3-5-25-6-4-17)22-12-18-11-21(20-15-28-31(2)16-20)26-13-19(18)14-27-22/h3-6,11-16,23H,7-10H2,1-2H3,(H,29,33). The molecule has 33 heavy (non-hydrogen) atoms. The molecule has 0 aromatic carbocycles. The Balaban J connectivity index is 1.50. The van der Waals surface area contributed by atoms with Crippen molar-refractivity contribution >= 4 is 16.7 Å². The van der Waals surface area contributed by atoms with Crippen LogP contribution in [0.2, 0.25) is 0 Å². The van der Waals surface area contributed by atoms with Crippen LogP contribution in [0.25, 0.3) is 22.0 Å². The molecule has 1 saturated heterocycles. The number of amides is 1. The zero-order valence-corrected chi connectivity index (χ0v) is 18.7. The first kappa shape index (κ1) is 21.2.